The summed E-state index contributed by atoms with van der Waals surface area (Å²) in [7, 11) is 0. The van der Waals surface area contributed by atoms with Crippen LogP contribution in [0.1, 0.15) is 60.8 Å². The smallest absolute Gasteiger partial charge is 0.428 e. The van der Waals surface area contributed by atoms with E-state index in [0.29, 0.717) is 24.5 Å². The Balaban J connectivity index is 1.37. The lowest BCUT2D eigenvalue weighted by Crippen LogP contribution is -2.52. The number of rotatable bonds is 5. The molecule has 3 N–H and O–H groups in total. The van der Waals surface area contributed by atoms with Gasteiger partial charge in [0.25, 0.3) is 5.91 Å². The van der Waals surface area contributed by atoms with E-state index in [1.165, 1.54) is 0 Å². The minimum atomic E-state index is -0.721. The summed E-state index contributed by atoms with van der Waals surface area (Å²) >= 11 is 0. The van der Waals surface area contributed by atoms with Gasteiger partial charge in [-0.3, -0.25) is 14.9 Å². The van der Waals surface area contributed by atoms with E-state index in [2.05, 4.69) is 31.0 Å². The lowest BCUT2D eigenvalue weighted by Gasteiger charge is -2.42. The number of aromatic nitrogens is 3. The second-order valence-corrected chi connectivity index (χ2v) is 8.19. The Kier molecular flexibility index (Phi) is 5.52. The molecule has 9 nitrogen and oxygen atoms in total. The first-order valence-corrected chi connectivity index (χ1v) is 10.3. The van der Waals surface area contributed by atoms with Crippen molar-refractivity contribution in [3.8, 4) is 0 Å². The molecule has 2 amide bonds. The number of hydrogen-bond acceptors (Lipinski definition) is 6. The number of amides is 2. The molecule has 1 atom stereocenters. The Morgan fingerprint density at radius 1 is 1.40 bits per heavy atom. The minimum absolute atomic E-state index is 0.0237. The number of carbonyl (C=O) groups is 2. The standard InChI is InChI=1S/C21H26N6O3/c1-13(23-19(28)17-11-14(2)24-25-17)10-15-5-7-21(8-6-15)18(26-27-20(29)30-21)16-4-3-9-22-12-16/h3-4,9,11-13,15H,5-8,10H2,1-2H3,(H,23,28)(H,24,25)(H,27,29)/t13-,15?,21?/m0/s1. The van der Waals surface area contributed by atoms with Gasteiger partial charge in [0.1, 0.15) is 11.4 Å². The first kappa shape index (κ1) is 20.1. The number of ether oxygens (including phenoxy) is 1. The highest BCUT2D eigenvalue weighted by Gasteiger charge is 2.46. The molecule has 0 bridgehead atoms. The van der Waals surface area contributed by atoms with Gasteiger partial charge >= 0.3 is 6.09 Å². The van der Waals surface area contributed by atoms with E-state index in [1.54, 1.807) is 18.5 Å². The molecule has 1 aliphatic carbocycles. The van der Waals surface area contributed by atoms with Crippen LogP contribution in [0.15, 0.2) is 35.7 Å². The molecule has 0 aromatic carbocycles. The van der Waals surface area contributed by atoms with Gasteiger partial charge in [-0.1, -0.05) is 0 Å². The van der Waals surface area contributed by atoms with E-state index < -0.39 is 11.7 Å². The number of nitrogens with one attached hydrogen (secondary N) is 3. The number of hydrazone groups is 1. The van der Waals surface area contributed by atoms with Crippen LogP contribution in [0.2, 0.25) is 0 Å². The molecule has 2 aromatic rings. The molecule has 4 rings (SSSR count). The lowest BCUT2D eigenvalue weighted by molar-refractivity contribution is 0.0154. The highest BCUT2D eigenvalue weighted by atomic mass is 16.6. The van der Waals surface area contributed by atoms with Crippen molar-refractivity contribution in [2.24, 2.45) is 11.0 Å². The summed E-state index contributed by atoms with van der Waals surface area (Å²) in [6.07, 6.45) is 6.93. The Labute approximate surface area is 174 Å². The first-order chi connectivity index (χ1) is 14.4. The number of aromatic amines is 1. The number of aryl methyl sites for hydroxylation is 1. The molecule has 2 aliphatic rings. The van der Waals surface area contributed by atoms with E-state index in [1.807, 2.05) is 26.0 Å². The van der Waals surface area contributed by atoms with Crippen LogP contribution in [0.3, 0.4) is 0 Å². The molecular formula is C21H26N6O3. The average Bonchev–Trinajstić information content (AvgIpc) is 3.17. The highest BCUT2D eigenvalue weighted by molar-refractivity contribution is 6.08. The molecule has 158 valence electrons. The predicted octanol–water partition coefficient (Wildman–Crippen LogP) is 2.69. The van der Waals surface area contributed by atoms with Crippen molar-refractivity contribution in [3.05, 3.63) is 47.5 Å². The predicted molar refractivity (Wildman–Crippen MR) is 110 cm³/mol. The number of H-pyrrole nitrogens is 1. The van der Waals surface area contributed by atoms with E-state index in [4.69, 9.17) is 4.74 Å². The van der Waals surface area contributed by atoms with E-state index in [0.717, 1.165) is 36.2 Å². The summed E-state index contributed by atoms with van der Waals surface area (Å²) < 4.78 is 5.77. The lowest BCUT2D eigenvalue weighted by atomic mass is 9.73. The van der Waals surface area contributed by atoms with Gasteiger partial charge in [-0.2, -0.15) is 10.2 Å². The van der Waals surface area contributed by atoms with Gasteiger partial charge in [0.05, 0.1) is 0 Å². The third kappa shape index (κ3) is 4.19. The summed E-state index contributed by atoms with van der Waals surface area (Å²) in [6, 6.07) is 5.53. The van der Waals surface area contributed by atoms with E-state index >= 15 is 0 Å². The first-order valence-electron chi connectivity index (χ1n) is 10.3. The fourth-order valence-corrected chi connectivity index (χ4v) is 4.39. The molecule has 1 spiro atoms. The van der Waals surface area contributed by atoms with Crippen molar-refractivity contribution in [1.82, 2.24) is 25.9 Å². The normalized spacial score (nSPS) is 24.5. The highest BCUT2D eigenvalue weighted by Crippen LogP contribution is 2.40. The second kappa shape index (κ2) is 8.25. The molecule has 9 heteroatoms. The van der Waals surface area contributed by atoms with Crippen LogP contribution in [-0.4, -0.2) is 44.5 Å². The molecule has 1 aliphatic heterocycles. The number of pyridine rings is 1. The zero-order valence-electron chi connectivity index (χ0n) is 17.1. The maximum atomic E-state index is 12.3. The van der Waals surface area contributed by atoms with Crippen LogP contribution < -0.4 is 10.7 Å². The fourth-order valence-electron chi connectivity index (χ4n) is 4.39. The molecule has 3 heterocycles. The number of carbonyl (C=O) groups excluding carboxylic acids is 2. The molecule has 0 saturated heterocycles. The van der Waals surface area contributed by atoms with Gasteiger partial charge in [-0.15, -0.1) is 0 Å². The number of hydrogen-bond donors (Lipinski definition) is 3. The Bertz CT molecular complexity index is 947. The molecule has 30 heavy (non-hydrogen) atoms. The van der Waals surface area contributed by atoms with E-state index in [9.17, 15) is 9.59 Å². The zero-order chi connectivity index (χ0) is 21.1. The third-order valence-corrected chi connectivity index (χ3v) is 5.83. The Morgan fingerprint density at radius 3 is 2.87 bits per heavy atom. The van der Waals surface area contributed by atoms with Crippen LogP contribution in [0.5, 0.6) is 0 Å². The SMILES string of the molecule is Cc1cc(C(=O)N[C@@H](C)CC2CCC3(CC2)OC(=O)NN=C3c2cccnc2)n[nH]1. The topological polar surface area (TPSA) is 121 Å². The Hall–Kier alpha value is -3.23. The van der Waals surface area contributed by atoms with Crippen LogP contribution in [-0.2, 0) is 4.74 Å². The van der Waals surface area contributed by atoms with Crippen LogP contribution in [0, 0.1) is 12.8 Å². The van der Waals surface area contributed by atoms with Gasteiger partial charge < -0.3 is 10.1 Å². The van der Waals surface area contributed by atoms with Crippen molar-refractivity contribution < 1.29 is 14.3 Å². The summed E-state index contributed by atoms with van der Waals surface area (Å²) in [4.78, 5) is 28.4. The molecule has 2 aromatic heterocycles. The molecule has 1 saturated carbocycles. The summed E-state index contributed by atoms with van der Waals surface area (Å²) in [5, 5.41) is 14.1. The van der Waals surface area contributed by atoms with Crippen molar-refractivity contribution in [3.63, 3.8) is 0 Å². The zero-order valence-corrected chi connectivity index (χ0v) is 17.1. The van der Waals surface area contributed by atoms with Crippen LogP contribution in [0.4, 0.5) is 4.79 Å². The molecular weight excluding hydrogens is 384 g/mol. The number of nitrogens with zero attached hydrogens (tertiary/aromatic N) is 3. The maximum Gasteiger partial charge on any atom is 0.428 e. The van der Waals surface area contributed by atoms with Gasteiger partial charge in [-0.05, 0) is 70.1 Å². The van der Waals surface area contributed by atoms with Crippen molar-refractivity contribution in [2.45, 2.75) is 57.6 Å². The van der Waals surface area contributed by atoms with Crippen LogP contribution in [0.25, 0.3) is 0 Å². The van der Waals surface area contributed by atoms with Gasteiger partial charge in [-0.25, -0.2) is 10.2 Å². The largest absolute Gasteiger partial charge is 0.435 e. The molecule has 0 radical (unpaired) electrons. The van der Waals surface area contributed by atoms with Gasteiger partial charge in [0.2, 0.25) is 0 Å². The third-order valence-electron chi connectivity index (χ3n) is 5.83. The fraction of sp³-hybridized carbons (Fsp3) is 0.476. The van der Waals surface area contributed by atoms with Crippen molar-refractivity contribution in [1.29, 1.82) is 0 Å². The monoisotopic (exact) mass is 410 g/mol. The second-order valence-electron chi connectivity index (χ2n) is 8.19. The van der Waals surface area contributed by atoms with Crippen molar-refractivity contribution in [2.75, 3.05) is 0 Å². The summed E-state index contributed by atoms with van der Waals surface area (Å²) in [6.45, 7) is 3.87. The van der Waals surface area contributed by atoms with E-state index in [-0.39, 0.29) is 11.9 Å². The summed E-state index contributed by atoms with van der Waals surface area (Å²) in [5.41, 5.74) is 4.54. The minimum Gasteiger partial charge on any atom is -0.435 e. The Morgan fingerprint density at radius 2 is 2.20 bits per heavy atom. The van der Waals surface area contributed by atoms with Gasteiger partial charge in [0.15, 0.2) is 5.60 Å². The summed E-state index contributed by atoms with van der Waals surface area (Å²) in [5.74, 6) is 0.257. The van der Waals surface area contributed by atoms with Crippen molar-refractivity contribution >= 4 is 17.7 Å². The average molecular weight is 410 g/mol. The van der Waals surface area contributed by atoms with Gasteiger partial charge in [0, 0.05) is 29.7 Å². The maximum absolute atomic E-state index is 12.3. The molecule has 1 fully saturated rings. The molecule has 0 unspecified atom stereocenters. The quantitative estimate of drug-likeness (QED) is 0.700. The van der Waals surface area contributed by atoms with Crippen LogP contribution >= 0.6 is 0 Å².